The summed E-state index contributed by atoms with van der Waals surface area (Å²) in [6.45, 7) is 4.89. The van der Waals surface area contributed by atoms with Crippen LogP contribution in [0.1, 0.15) is 51.9 Å². The van der Waals surface area contributed by atoms with Gasteiger partial charge in [-0.1, -0.05) is 32.6 Å². The summed E-state index contributed by atoms with van der Waals surface area (Å²) in [7, 11) is 1.40. The molecule has 0 amide bonds. The van der Waals surface area contributed by atoms with Gasteiger partial charge in [-0.2, -0.15) is 0 Å². The molecule has 0 aromatic carbocycles. The molecule has 0 saturated carbocycles. The number of hydrogen-bond acceptors (Lipinski definition) is 4. The molecule has 0 aromatic heterocycles. The van der Waals surface area contributed by atoms with Gasteiger partial charge in [0.1, 0.15) is 0 Å². The van der Waals surface area contributed by atoms with Crippen molar-refractivity contribution >= 4 is 5.97 Å². The van der Waals surface area contributed by atoms with Crippen molar-refractivity contribution in [1.29, 1.82) is 0 Å². The van der Waals surface area contributed by atoms with Gasteiger partial charge < -0.3 is 14.2 Å². The molecule has 0 heterocycles. The van der Waals surface area contributed by atoms with Gasteiger partial charge in [0.25, 0.3) is 0 Å². The molecule has 0 bridgehead atoms. The maximum Gasteiger partial charge on any atom is 0.305 e. The lowest BCUT2D eigenvalue weighted by Gasteiger charge is -2.05. The van der Waals surface area contributed by atoms with Crippen molar-refractivity contribution in [2.75, 3.05) is 33.5 Å². The summed E-state index contributed by atoms with van der Waals surface area (Å²) in [4.78, 5) is 10.8. The molecule has 4 nitrogen and oxygen atoms in total. The molecular formula is C14H28O4. The third kappa shape index (κ3) is 13.5. The van der Waals surface area contributed by atoms with E-state index in [2.05, 4.69) is 11.7 Å². The SMILES string of the molecule is CCCCCCCOCCOCCCC(=O)OC. The molecule has 0 radical (unpaired) electrons. The molecule has 0 spiro atoms. The van der Waals surface area contributed by atoms with Crippen LogP contribution in [-0.4, -0.2) is 39.5 Å². The van der Waals surface area contributed by atoms with E-state index in [0.29, 0.717) is 32.7 Å². The molecule has 0 aliphatic carbocycles. The van der Waals surface area contributed by atoms with Crippen LogP contribution in [-0.2, 0) is 19.0 Å². The van der Waals surface area contributed by atoms with Crippen LogP contribution < -0.4 is 0 Å². The maximum atomic E-state index is 10.8. The summed E-state index contributed by atoms with van der Waals surface area (Å²) in [5.74, 6) is -0.179. The van der Waals surface area contributed by atoms with Crippen molar-refractivity contribution in [2.45, 2.75) is 51.9 Å². The highest BCUT2D eigenvalue weighted by Crippen LogP contribution is 2.02. The highest BCUT2D eigenvalue weighted by Gasteiger charge is 1.98. The summed E-state index contributed by atoms with van der Waals surface area (Å²) >= 11 is 0. The number of rotatable bonds is 13. The Balaban J connectivity index is 2.97. The Morgan fingerprint density at radius 3 is 2.06 bits per heavy atom. The number of esters is 1. The van der Waals surface area contributed by atoms with Gasteiger partial charge in [0.05, 0.1) is 20.3 Å². The van der Waals surface area contributed by atoms with Crippen molar-refractivity contribution in [3.05, 3.63) is 0 Å². The van der Waals surface area contributed by atoms with Crippen LogP contribution in [0, 0.1) is 0 Å². The number of ether oxygens (including phenoxy) is 3. The van der Waals surface area contributed by atoms with Crippen LogP contribution in [0.5, 0.6) is 0 Å². The average molecular weight is 260 g/mol. The van der Waals surface area contributed by atoms with E-state index >= 15 is 0 Å². The van der Waals surface area contributed by atoms with Crippen LogP contribution in [0.15, 0.2) is 0 Å². The monoisotopic (exact) mass is 260 g/mol. The molecule has 0 aromatic rings. The minimum absolute atomic E-state index is 0.179. The minimum atomic E-state index is -0.179. The van der Waals surface area contributed by atoms with Crippen LogP contribution >= 0.6 is 0 Å². The lowest BCUT2D eigenvalue weighted by Crippen LogP contribution is -2.08. The molecule has 0 N–H and O–H groups in total. The fraction of sp³-hybridized carbons (Fsp3) is 0.929. The number of carbonyl (C=O) groups is 1. The standard InChI is InChI=1S/C14H28O4/c1-3-4-5-6-7-10-17-12-13-18-11-8-9-14(15)16-2/h3-13H2,1-2H3. The fourth-order valence-electron chi connectivity index (χ4n) is 1.55. The molecule has 0 aliphatic heterocycles. The Labute approximate surface area is 111 Å². The third-order valence-electron chi connectivity index (χ3n) is 2.66. The Hall–Kier alpha value is -0.610. The molecule has 0 saturated heterocycles. The first-order valence-electron chi connectivity index (χ1n) is 7.03. The molecule has 4 heteroatoms. The predicted octanol–water partition coefficient (Wildman–Crippen LogP) is 2.94. The Bertz CT molecular complexity index is 183. The van der Waals surface area contributed by atoms with E-state index in [0.717, 1.165) is 13.0 Å². The van der Waals surface area contributed by atoms with Crippen LogP contribution in [0.25, 0.3) is 0 Å². The highest BCUT2D eigenvalue weighted by molar-refractivity contribution is 5.68. The third-order valence-corrected chi connectivity index (χ3v) is 2.66. The first-order chi connectivity index (χ1) is 8.81. The second-order valence-electron chi connectivity index (χ2n) is 4.32. The summed E-state index contributed by atoms with van der Waals surface area (Å²) in [5, 5.41) is 0. The molecule has 0 aliphatic rings. The van der Waals surface area contributed by atoms with Crippen molar-refractivity contribution in [2.24, 2.45) is 0 Å². The average Bonchev–Trinajstić information content (AvgIpc) is 2.39. The zero-order valence-corrected chi connectivity index (χ0v) is 11.9. The number of hydrogen-bond donors (Lipinski definition) is 0. The fourth-order valence-corrected chi connectivity index (χ4v) is 1.55. The van der Waals surface area contributed by atoms with Crippen LogP contribution in [0.3, 0.4) is 0 Å². The van der Waals surface area contributed by atoms with Gasteiger partial charge in [0.2, 0.25) is 0 Å². The van der Waals surface area contributed by atoms with Crippen LogP contribution in [0.4, 0.5) is 0 Å². The summed E-state index contributed by atoms with van der Waals surface area (Å²) in [5.41, 5.74) is 0. The number of unbranched alkanes of at least 4 members (excludes halogenated alkanes) is 4. The smallest absolute Gasteiger partial charge is 0.305 e. The van der Waals surface area contributed by atoms with Gasteiger partial charge in [-0.05, 0) is 12.8 Å². The quantitative estimate of drug-likeness (QED) is 0.377. The molecule has 0 atom stereocenters. The predicted molar refractivity (Wildman–Crippen MR) is 71.6 cm³/mol. The minimum Gasteiger partial charge on any atom is -0.469 e. The van der Waals surface area contributed by atoms with Crippen molar-refractivity contribution in [3.63, 3.8) is 0 Å². The largest absolute Gasteiger partial charge is 0.469 e. The van der Waals surface area contributed by atoms with Gasteiger partial charge >= 0.3 is 5.97 Å². The second-order valence-corrected chi connectivity index (χ2v) is 4.32. The van der Waals surface area contributed by atoms with E-state index in [1.54, 1.807) is 0 Å². The Morgan fingerprint density at radius 1 is 0.833 bits per heavy atom. The van der Waals surface area contributed by atoms with E-state index in [1.165, 1.54) is 32.8 Å². The first kappa shape index (κ1) is 17.4. The summed E-state index contributed by atoms with van der Waals surface area (Å²) in [6, 6.07) is 0. The van der Waals surface area contributed by atoms with Gasteiger partial charge in [-0.15, -0.1) is 0 Å². The van der Waals surface area contributed by atoms with Crippen LogP contribution in [0.2, 0.25) is 0 Å². The normalized spacial score (nSPS) is 10.6. The summed E-state index contributed by atoms with van der Waals surface area (Å²) < 4.78 is 15.3. The Morgan fingerprint density at radius 2 is 1.44 bits per heavy atom. The second kappa shape index (κ2) is 14.5. The van der Waals surface area contributed by atoms with Gasteiger partial charge in [0.15, 0.2) is 0 Å². The lowest BCUT2D eigenvalue weighted by molar-refractivity contribution is -0.141. The Kier molecular flexibility index (Phi) is 14.0. The molecule has 0 rings (SSSR count). The molecule has 0 fully saturated rings. The first-order valence-corrected chi connectivity index (χ1v) is 7.03. The van der Waals surface area contributed by atoms with E-state index in [4.69, 9.17) is 9.47 Å². The lowest BCUT2D eigenvalue weighted by atomic mass is 10.2. The topological polar surface area (TPSA) is 44.8 Å². The van der Waals surface area contributed by atoms with Crippen molar-refractivity contribution < 1.29 is 19.0 Å². The van der Waals surface area contributed by atoms with Gasteiger partial charge in [0, 0.05) is 19.6 Å². The zero-order valence-electron chi connectivity index (χ0n) is 11.9. The van der Waals surface area contributed by atoms with Crippen molar-refractivity contribution in [3.8, 4) is 0 Å². The molecule has 18 heavy (non-hydrogen) atoms. The van der Waals surface area contributed by atoms with E-state index in [1.807, 2.05) is 0 Å². The molecule has 108 valence electrons. The van der Waals surface area contributed by atoms with E-state index < -0.39 is 0 Å². The van der Waals surface area contributed by atoms with E-state index in [-0.39, 0.29) is 5.97 Å². The van der Waals surface area contributed by atoms with E-state index in [9.17, 15) is 4.79 Å². The van der Waals surface area contributed by atoms with Gasteiger partial charge in [-0.3, -0.25) is 4.79 Å². The number of carbonyl (C=O) groups excluding carboxylic acids is 1. The molecular weight excluding hydrogens is 232 g/mol. The maximum absolute atomic E-state index is 10.8. The summed E-state index contributed by atoms with van der Waals surface area (Å²) in [6.07, 6.45) is 7.45. The highest BCUT2D eigenvalue weighted by atomic mass is 16.5. The zero-order chi connectivity index (χ0) is 13.5. The number of methoxy groups -OCH3 is 1. The van der Waals surface area contributed by atoms with Crippen molar-refractivity contribution in [1.82, 2.24) is 0 Å². The van der Waals surface area contributed by atoms with Gasteiger partial charge in [-0.25, -0.2) is 0 Å². The molecule has 0 unspecified atom stereocenters.